The fraction of sp³-hybridized carbons (Fsp3) is 0.550. The molecule has 1 aromatic carbocycles. The van der Waals surface area contributed by atoms with E-state index in [1.165, 1.54) is 0 Å². The number of amides is 2. The molecule has 0 spiro atoms. The van der Waals surface area contributed by atoms with Gasteiger partial charge in [0.2, 0.25) is 0 Å². The first-order chi connectivity index (χ1) is 12.1. The number of furan rings is 1. The van der Waals surface area contributed by atoms with E-state index in [9.17, 15) is 4.79 Å². The van der Waals surface area contributed by atoms with Gasteiger partial charge in [0.25, 0.3) is 0 Å². The van der Waals surface area contributed by atoms with Crippen LogP contribution in [0.15, 0.2) is 28.7 Å². The minimum Gasteiger partial charge on any atom is -0.459 e. The van der Waals surface area contributed by atoms with Gasteiger partial charge >= 0.3 is 6.03 Å². The van der Waals surface area contributed by atoms with Crippen LogP contribution in [-0.4, -0.2) is 25.3 Å². The van der Waals surface area contributed by atoms with Gasteiger partial charge in [0.15, 0.2) is 0 Å². The molecule has 140 valence electrons. The summed E-state index contributed by atoms with van der Waals surface area (Å²) in [6.45, 7) is 7.74. The van der Waals surface area contributed by atoms with E-state index in [-0.39, 0.29) is 26.9 Å². The zero-order chi connectivity index (χ0) is 17.8. The van der Waals surface area contributed by atoms with Crippen molar-refractivity contribution in [1.29, 1.82) is 0 Å². The number of hydrogen-bond donors (Lipinski definition) is 2. The van der Waals surface area contributed by atoms with Crippen LogP contribution in [0.4, 0.5) is 4.79 Å². The molecule has 0 saturated carbocycles. The third kappa shape index (κ3) is 4.15. The van der Waals surface area contributed by atoms with Crippen LogP contribution in [0.5, 0.6) is 0 Å². The van der Waals surface area contributed by atoms with E-state index in [0.29, 0.717) is 6.61 Å². The molecule has 25 heavy (non-hydrogen) atoms. The van der Waals surface area contributed by atoms with Crippen LogP contribution in [0.3, 0.4) is 0 Å². The first-order valence-electron chi connectivity index (χ1n) is 9.19. The van der Waals surface area contributed by atoms with Crippen LogP contribution < -0.4 is 10.6 Å². The van der Waals surface area contributed by atoms with Gasteiger partial charge in [-0.05, 0) is 38.2 Å². The minimum atomic E-state index is -0.158. The van der Waals surface area contributed by atoms with Crippen LogP contribution in [0.1, 0.15) is 53.3 Å². The number of fused-ring (bicyclic) bond motifs is 1. The van der Waals surface area contributed by atoms with Crippen molar-refractivity contribution in [2.45, 2.75) is 52.1 Å². The molecule has 5 heteroatoms. The van der Waals surface area contributed by atoms with Gasteiger partial charge < -0.3 is 19.8 Å². The summed E-state index contributed by atoms with van der Waals surface area (Å²) < 4.78 is 11.5. The summed E-state index contributed by atoms with van der Waals surface area (Å²) in [6, 6.07) is 7.88. The van der Waals surface area contributed by atoms with Crippen LogP contribution in [0, 0.1) is 12.8 Å². The van der Waals surface area contributed by atoms with Gasteiger partial charge in [-0.25, -0.2) is 4.79 Å². The van der Waals surface area contributed by atoms with Gasteiger partial charge in [-0.3, -0.25) is 0 Å². The predicted molar refractivity (Wildman–Crippen MR) is 103 cm³/mol. The lowest BCUT2D eigenvalue weighted by Crippen LogP contribution is -2.44. The maximum Gasteiger partial charge on any atom is 0.315 e. The Balaban J connectivity index is 0.00000182. The lowest BCUT2D eigenvalue weighted by Gasteiger charge is -2.23. The lowest BCUT2D eigenvalue weighted by molar-refractivity contribution is 0.142. The molecule has 1 unspecified atom stereocenters. The monoisotopic (exact) mass is 348 g/mol. The van der Waals surface area contributed by atoms with E-state index in [1.807, 2.05) is 18.2 Å². The van der Waals surface area contributed by atoms with Crippen LogP contribution >= 0.6 is 0 Å². The summed E-state index contributed by atoms with van der Waals surface area (Å²) in [5.74, 6) is 1.07. The van der Waals surface area contributed by atoms with Crippen LogP contribution in [0.2, 0.25) is 0 Å². The number of benzene rings is 1. The molecule has 2 aromatic rings. The Hall–Kier alpha value is -2.01. The molecule has 0 bridgehead atoms. The smallest absolute Gasteiger partial charge is 0.315 e. The van der Waals surface area contributed by atoms with Gasteiger partial charge in [-0.2, -0.15) is 0 Å². The van der Waals surface area contributed by atoms with Crippen molar-refractivity contribution in [2.24, 2.45) is 5.92 Å². The highest BCUT2D eigenvalue weighted by atomic mass is 16.5. The number of rotatable bonds is 4. The molecule has 1 fully saturated rings. The van der Waals surface area contributed by atoms with Crippen LogP contribution in [0.25, 0.3) is 11.0 Å². The summed E-state index contributed by atoms with van der Waals surface area (Å²) in [5, 5.41) is 7.32. The Morgan fingerprint density at radius 2 is 2.04 bits per heavy atom. The highest BCUT2D eigenvalue weighted by Crippen LogP contribution is 2.32. The largest absolute Gasteiger partial charge is 0.459 e. The normalized spacial score (nSPS) is 19.6. The summed E-state index contributed by atoms with van der Waals surface area (Å²) in [6.07, 6.45) is 2.81. The Kier molecular flexibility index (Phi) is 5.63. The van der Waals surface area contributed by atoms with Crippen molar-refractivity contribution in [3.63, 3.8) is 0 Å². The second kappa shape index (κ2) is 7.91. The van der Waals surface area contributed by atoms with E-state index in [2.05, 4.69) is 37.5 Å². The molecule has 0 radical (unpaired) electrons. The minimum absolute atomic E-state index is 0. The average molecular weight is 348 g/mol. The third-order valence-electron chi connectivity index (χ3n) is 4.90. The van der Waals surface area contributed by atoms with E-state index in [0.717, 1.165) is 48.2 Å². The third-order valence-corrected chi connectivity index (χ3v) is 4.90. The van der Waals surface area contributed by atoms with E-state index in [1.54, 1.807) is 0 Å². The molecule has 1 aliphatic rings. The van der Waals surface area contributed by atoms with Crippen molar-refractivity contribution in [3.8, 4) is 0 Å². The molecule has 2 N–H and O–H groups in total. The summed E-state index contributed by atoms with van der Waals surface area (Å²) in [4.78, 5) is 12.5. The highest BCUT2D eigenvalue weighted by Gasteiger charge is 2.26. The molecule has 3 rings (SSSR count). The molecular formula is C20H32N2O3. The maximum absolute atomic E-state index is 12.5. The quantitative estimate of drug-likeness (QED) is 0.834. The fourth-order valence-electron chi connectivity index (χ4n) is 3.44. The number of carbonyl (C=O) groups is 1. The SMILES string of the molecule is Cc1c([C@@H](NC(=O)NC2CCCOCC2)C(C)C)oc2ccccc12.[HH].[HH]. The van der Waals surface area contributed by atoms with Crippen molar-refractivity contribution >= 4 is 17.0 Å². The fourth-order valence-corrected chi connectivity index (χ4v) is 3.44. The van der Waals surface area contributed by atoms with Crippen LogP contribution in [-0.2, 0) is 4.74 Å². The van der Waals surface area contributed by atoms with Crippen molar-refractivity contribution in [3.05, 3.63) is 35.6 Å². The number of ether oxygens (including phenoxy) is 1. The zero-order valence-corrected chi connectivity index (χ0v) is 15.3. The van der Waals surface area contributed by atoms with E-state index < -0.39 is 0 Å². The van der Waals surface area contributed by atoms with Gasteiger partial charge in [-0.1, -0.05) is 32.0 Å². The zero-order valence-electron chi connectivity index (χ0n) is 15.3. The number of para-hydroxylation sites is 1. The molecular weight excluding hydrogens is 316 g/mol. The number of nitrogens with one attached hydrogen (secondary N) is 2. The van der Waals surface area contributed by atoms with Gasteiger partial charge in [0.1, 0.15) is 11.3 Å². The molecule has 2 heterocycles. The van der Waals surface area contributed by atoms with Crippen molar-refractivity contribution < 1.29 is 16.8 Å². The van der Waals surface area contributed by atoms with Crippen molar-refractivity contribution in [2.75, 3.05) is 13.2 Å². The van der Waals surface area contributed by atoms with Crippen molar-refractivity contribution in [1.82, 2.24) is 10.6 Å². The Morgan fingerprint density at radius 3 is 2.80 bits per heavy atom. The summed E-state index contributed by atoms with van der Waals surface area (Å²) in [5.41, 5.74) is 1.96. The van der Waals surface area contributed by atoms with E-state index in [4.69, 9.17) is 9.15 Å². The Morgan fingerprint density at radius 1 is 1.24 bits per heavy atom. The van der Waals surface area contributed by atoms with Gasteiger partial charge in [0, 0.05) is 33.1 Å². The second-order valence-electron chi connectivity index (χ2n) is 7.17. The van der Waals surface area contributed by atoms with Gasteiger partial charge in [-0.15, -0.1) is 0 Å². The number of hydrogen-bond acceptors (Lipinski definition) is 3. The summed E-state index contributed by atoms with van der Waals surface area (Å²) >= 11 is 0. The second-order valence-corrected chi connectivity index (χ2v) is 7.17. The maximum atomic E-state index is 12.5. The first-order valence-corrected chi connectivity index (χ1v) is 9.19. The molecule has 1 aromatic heterocycles. The summed E-state index contributed by atoms with van der Waals surface area (Å²) in [7, 11) is 0. The average Bonchev–Trinajstić information content (AvgIpc) is 2.75. The number of aryl methyl sites for hydroxylation is 1. The standard InChI is InChI=1S/C20H28N2O3.2H2/c1-13(2)18(19-14(3)16-8-4-5-9-17(16)25-19)22-20(23)21-15-7-6-11-24-12-10-15;;/h4-5,8-9,13,15,18H,6-7,10-12H2,1-3H3,(H2,21,22,23);2*1H/t15?,18-;;/m0../s1. The predicted octanol–water partition coefficient (Wildman–Crippen LogP) is 4.80. The lowest BCUT2D eigenvalue weighted by atomic mass is 9.98. The number of carbonyl (C=O) groups excluding carboxylic acids is 1. The molecule has 5 nitrogen and oxygen atoms in total. The molecule has 1 aliphatic heterocycles. The topological polar surface area (TPSA) is 63.5 Å². The Labute approximate surface area is 152 Å². The molecule has 0 aliphatic carbocycles. The first kappa shape index (κ1) is 17.8. The molecule has 2 amide bonds. The van der Waals surface area contributed by atoms with Gasteiger partial charge in [0.05, 0.1) is 6.04 Å². The number of urea groups is 1. The van der Waals surface area contributed by atoms with E-state index >= 15 is 0 Å². The Bertz CT molecular complexity index is 725. The highest BCUT2D eigenvalue weighted by molar-refractivity contribution is 5.82. The molecule has 1 saturated heterocycles. The molecule has 2 atom stereocenters.